The average molecular weight is 352 g/mol. The molecular formula is C22H24O4. The van der Waals surface area contributed by atoms with E-state index >= 15 is 0 Å². The predicted molar refractivity (Wildman–Crippen MR) is 100 cm³/mol. The van der Waals surface area contributed by atoms with Gasteiger partial charge in [0.1, 0.15) is 5.76 Å². The number of carbonyl (C=O) groups is 1. The fourth-order valence-corrected chi connectivity index (χ4v) is 3.80. The quantitative estimate of drug-likeness (QED) is 0.653. The third kappa shape index (κ3) is 3.37. The van der Waals surface area contributed by atoms with Gasteiger partial charge in [0.25, 0.3) is 0 Å². The molecular weight excluding hydrogens is 328 g/mol. The number of hydrogen-bond donors (Lipinski definition) is 2. The molecule has 136 valence electrons. The Hall–Kier alpha value is -2.59. The van der Waals surface area contributed by atoms with Gasteiger partial charge in [0, 0.05) is 17.0 Å². The van der Waals surface area contributed by atoms with Crippen LogP contribution >= 0.6 is 0 Å². The Morgan fingerprint density at radius 2 is 1.81 bits per heavy atom. The minimum Gasteiger partial charge on any atom is -0.479 e. The molecule has 0 spiro atoms. The number of hydrogen-bond acceptors (Lipinski definition) is 3. The van der Waals surface area contributed by atoms with Crippen molar-refractivity contribution in [2.24, 2.45) is 5.92 Å². The van der Waals surface area contributed by atoms with Gasteiger partial charge >= 0.3 is 5.97 Å². The van der Waals surface area contributed by atoms with Crippen LogP contribution in [0.3, 0.4) is 0 Å². The highest BCUT2D eigenvalue weighted by Crippen LogP contribution is 2.44. The fraction of sp³-hybridized carbons (Fsp3) is 0.318. The normalized spacial score (nSPS) is 15.1. The van der Waals surface area contributed by atoms with Crippen molar-refractivity contribution in [3.63, 3.8) is 0 Å². The van der Waals surface area contributed by atoms with Crippen molar-refractivity contribution < 1.29 is 19.4 Å². The van der Waals surface area contributed by atoms with E-state index in [0.29, 0.717) is 12.2 Å². The minimum atomic E-state index is -1.88. The Labute approximate surface area is 153 Å². The smallest absolute Gasteiger partial charge is 0.336 e. The maximum atomic E-state index is 12.1. The van der Waals surface area contributed by atoms with Gasteiger partial charge in [0.05, 0.1) is 6.26 Å². The molecule has 26 heavy (non-hydrogen) atoms. The molecule has 1 aromatic rings. The predicted octanol–water partition coefficient (Wildman–Crippen LogP) is 4.57. The molecule has 4 heteroatoms. The topological polar surface area (TPSA) is 70.7 Å². The van der Waals surface area contributed by atoms with Crippen LogP contribution in [-0.2, 0) is 11.2 Å². The van der Waals surface area contributed by atoms with E-state index in [-0.39, 0.29) is 12.3 Å². The second-order valence-electron chi connectivity index (χ2n) is 7.12. The first-order valence-corrected chi connectivity index (χ1v) is 8.89. The summed E-state index contributed by atoms with van der Waals surface area (Å²) < 4.78 is 5.65. The molecule has 0 saturated heterocycles. The fourth-order valence-electron chi connectivity index (χ4n) is 3.80. The van der Waals surface area contributed by atoms with Gasteiger partial charge in [0.2, 0.25) is 0 Å². The third-order valence-corrected chi connectivity index (χ3v) is 5.03. The van der Waals surface area contributed by atoms with Gasteiger partial charge in [-0.25, -0.2) is 4.79 Å². The number of fused-ring (bicyclic) bond motifs is 1. The summed E-state index contributed by atoms with van der Waals surface area (Å²) >= 11 is 0. The number of aryl methyl sites for hydroxylation is 1. The number of benzene rings is 1. The van der Waals surface area contributed by atoms with Crippen molar-refractivity contribution in [2.75, 3.05) is 0 Å². The average Bonchev–Trinajstić information content (AvgIpc) is 3.04. The lowest BCUT2D eigenvalue weighted by molar-refractivity contribution is -0.163. The van der Waals surface area contributed by atoms with Gasteiger partial charge in [0.15, 0.2) is 5.60 Å². The molecule has 2 atom stereocenters. The molecule has 1 heterocycles. The molecule has 2 N–H and O–H groups in total. The monoisotopic (exact) mass is 352 g/mol. The van der Waals surface area contributed by atoms with Crippen LogP contribution in [0.1, 0.15) is 37.3 Å². The summed E-state index contributed by atoms with van der Waals surface area (Å²) in [6, 6.07) is 17.1. The van der Waals surface area contributed by atoms with Crippen LogP contribution in [-0.4, -0.2) is 21.8 Å². The van der Waals surface area contributed by atoms with E-state index in [1.165, 1.54) is 0 Å². The van der Waals surface area contributed by atoms with Crippen molar-refractivity contribution in [3.05, 3.63) is 72.0 Å². The Morgan fingerprint density at radius 3 is 2.46 bits per heavy atom. The van der Waals surface area contributed by atoms with Crippen LogP contribution in [0.5, 0.6) is 0 Å². The number of carboxylic acids is 1. The first-order valence-electron chi connectivity index (χ1n) is 8.89. The van der Waals surface area contributed by atoms with Crippen LogP contribution in [0.4, 0.5) is 0 Å². The molecule has 3 rings (SSSR count). The Balaban J connectivity index is 1.98. The maximum Gasteiger partial charge on any atom is 0.336 e. The lowest BCUT2D eigenvalue weighted by Crippen LogP contribution is -2.47. The molecule has 0 fully saturated rings. The van der Waals surface area contributed by atoms with Gasteiger partial charge < -0.3 is 14.6 Å². The van der Waals surface area contributed by atoms with Gasteiger partial charge in [-0.15, -0.1) is 0 Å². The Morgan fingerprint density at radius 1 is 1.08 bits per heavy atom. The number of carboxylic acid groups (broad SMARTS) is 1. The molecule has 0 radical (unpaired) electrons. The maximum absolute atomic E-state index is 12.1. The van der Waals surface area contributed by atoms with Gasteiger partial charge in [-0.1, -0.05) is 56.3 Å². The molecule has 0 saturated carbocycles. The van der Waals surface area contributed by atoms with Gasteiger partial charge in [-0.2, -0.15) is 0 Å². The largest absolute Gasteiger partial charge is 0.479 e. The highest BCUT2D eigenvalue weighted by atomic mass is 16.4. The first kappa shape index (κ1) is 18.2. The lowest BCUT2D eigenvalue weighted by atomic mass is 9.72. The number of rotatable bonds is 7. The minimum absolute atomic E-state index is 0.0760. The van der Waals surface area contributed by atoms with E-state index in [1.807, 2.05) is 62.4 Å². The SMILES string of the molecule is CC(C)C(c1ccc2cccoc1-2)C(O)(CCc1ccccc1)C(=O)O. The second-order valence-corrected chi connectivity index (χ2v) is 7.12. The summed E-state index contributed by atoms with van der Waals surface area (Å²) in [4.78, 5) is 12.1. The van der Waals surface area contributed by atoms with Crippen LogP contribution in [0, 0.1) is 5.92 Å². The van der Waals surface area contributed by atoms with E-state index in [4.69, 9.17) is 4.42 Å². The van der Waals surface area contributed by atoms with Crippen LogP contribution < -0.4 is 0 Å². The molecule has 4 nitrogen and oxygen atoms in total. The van der Waals surface area contributed by atoms with E-state index in [2.05, 4.69) is 0 Å². The van der Waals surface area contributed by atoms with Crippen molar-refractivity contribution in [3.8, 4) is 11.3 Å². The van der Waals surface area contributed by atoms with Crippen molar-refractivity contribution in [2.45, 2.75) is 38.2 Å². The van der Waals surface area contributed by atoms with Crippen LogP contribution in [0.2, 0.25) is 0 Å². The molecule has 2 unspecified atom stereocenters. The van der Waals surface area contributed by atoms with E-state index < -0.39 is 17.5 Å². The van der Waals surface area contributed by atoms with Crippen molar-refractivity contribution >= 4 is 5.97 Å². The molecule has 1 aliphatic heterocycles. The second kappa shape index (κ2) is 7.34. The Bertz CT molecular complexity index is 836. The molecule has 0 aromatic heterocycles. The molecule has 1 aliphatic carbocycles. The summed E-state index contributed by atoms with van der Waals surface area (Å²) in [6.45, 7) is 3.87. The number of aliphatic hydroxyl groups is 1. The van der Waals surface area contributed by atoms with Crippen LogP contribution in [0.25, 0.3) is 11.3 Å². The van der Waals surface area contributed by atoms with E-state index in [0.717, 1.165) is 16.7 Å². The summed E-state index contributed by atoms with van der Waals surface area (Å²) in [5.74, 6) is -1.21. The standard InChI is InChI=1S/C22H24O4/c1-15(2)19(18-11-10-17-9-6-14-26-20(17)18)22(25,21(23)24)13-12-16-7-4-3-5-8-16/h3-11,14-15,19,25H,12-13H2,1-2H3,(H,23,24). The summed E-state index contributed by atoms with van der Waals surface area (Å²) in [6.07, 6.45) is 2.20. The zero-order valence-corrected chi connectivity index (χ0v) is 15.1. The number of aliphatic carboxylic acids is 1. The summed E-state index contributed by atoms with van der Waals surface area (Å²) in [5, 5.41) is 21.2. The zero-order chi connectivity index (χ0) is 18.7. The van der Waals surface area contributed by atoms with Gasteiger partial charge in [-0.3, -0.25) is 0 Å². The Kier molecular flexibility index (Phi) is 5.14. The van der Waals surface area contributed by atoms with E-state index in [1.54, 1.807) is 12.3 Å². The highest BCUT2D eigenvalue weighted by molar-refractivity contribution is 5.80. The van der Waals surface area contributed by atoms with Gasteiger partial charge in [-0.05, 0) is 36.5 Å². The van der Waals surface area contributed by atoms with E-state index in [9.17, 15) is 15.0 Å². The summed E-state index contributed by atoms with van der Waals surface area (Å²) in [5.41, 5.74) is 0.778. The highest BCUT2D eigenvalue weighted by Gasteiger charge is 2.47. The third-order valence-electron chi connectivity index (χ3n) is 5.03. The summed E-state index contributed by atoms with van der Waals surface area (Å²) in [7, 11) is 0. The molecule has 1 aromatic carbocycles. The molecule has 0 amide bonds. The van der Waals surface area contributed by atoms with Crippen molar-refractivity contribution in [1.82, 2.24) is 0 Å². The molecule has 2 aliphatic rings. The molecule has 0 bridgehead atoms. The van der Waals surface area contributed by atoms with Crippen molar-refractivity contribution in [1.29, 1.82) is 0 Å². The first-order chi connectivity index (χ1) is 12.4. The van der Waals surface area contributed by atoms with Crippen LogP contribution in [0.15, 0.2) is 65.3 Å². The zero-order valence-electron chi connectivity index (χ0n) is 15.1. The lowest BCUT2D eigenvalue weighted by Gasteiger charge is -2.35.